The van der Waals surface area contributed by atoms with E-state index in [1.807, 2.05) is 20.8 Å². The van der Waals surface area contributed by atoms with Crippen LogP contribution in [-0.4, -0.2) is 54.4 Å². The van der Waals surface area contributed by atoms with Crippen LogP contribution in [0.3, 0.4) is 0 Å². The van der Waals surface area contributed by atoms with Crippen LogP contribution in [0.15, 0.2) is 0 Å². The van der Waals surface area contributed by atoms with Gasteiger partial charge in [-0.3, -0.25) is 4.79 Å². The second-order valence-corrected chi connectivity index (χ2v) is 5.64. The zero-order valence-corrected chi connectivity index (χ0v) is 12.7. The minimum absolute atomic E-state index is 0.0509. The number of amides is 2. The molecule has 0 fully saturated rings. The van der Waals surface area contributed by atoms with Gasteiger partial charge in [0.2, 0.25) is 0 Å². The Hall–Kier alpha value is -1.30. The highest BCUT2D eigenvalue weighted by atomic mass is 16.5. The van der Waals surface area contributed by atoms with Gasteiger partial charge in [0, 0.05) is 26.7 Å². The summed E-state index contributed by atoms with van der Waals surface area (Å²) < 4.78 is 5.30. The van der Waals surface area contributed by atoms with Crippen molar-refractivity contribution in [3.8, 4) is 0 Å². The fourth-order valence-corrected chi connectivity index (χ4v) is 1.76. The summed E-state index contributed by atoms with van der Waals surface area (Å²) in [4.78, 5) is 24.0. The number of rotatable bonds is 7. The van der Waals surface area contributed by atoms with Gasteiger partial charge in [0.05, 0.1) is 11.5 Å². The van der Waals surface area contributed by atoms with Crippen LogP contribution in [0.2, 0.25) is 0 Å². The fraction of sp³-hybridized carbons (Fsp3) is 0.846. The summed E-state index contributed by atoms with van der Waals surface area (Å²) in [6.07, 6.45) is 0.678. The van der Waals surface area contributed by atoms with E-state index in [-0.39, 0.29) is 24.2 Å². The third-order valence-electron chi connectivity index (χ3n) is 3.04. The van der Waals surface area contributed by atoms with Gasteiger partial charge in [-0.25, -0.2) is 4.79 Å². The largest absolute Gasteiger partial charge is 0.481 e. The van der Waals surface area contributed by atoms with Gasteiger partial charge in [0.15, 0.2) is 0 Å². The summed E-state index contributed by atoms with van der Waals surface area (Å²) >= 11 is 0. The topological polar surface area (TPSA) is 78.9 Å². The van der Waals surface area contributed by atoms with Crippen molar-refractivity contribution in [1.82, 2.24) is 10.2 Å². The molecule has 0 saturated heterocycles. The molecule has 19 heavy (non-hydrogen) atoms. The van der Waals surface area contributed by atoms with Crippen LogP contribution in [0.4, 0.5) is 4.79 Å². The maximum absolute atomic E-state index is 11.9. The molecule has 0 saturated carbocycles. The van der Waals surface area contributed by atoms with E-state index in [1.165, 1.54) is 4.90 Å². The van der Waals surface area contributed by atoms with Gasteiger partial charge >= 0.3 is 12.0 Å². The molecule has 0 heterocycles. The molecule has 2 amide bonds. The van der Waals surface area contributed by atoms with Crippen molar-refractivity contribution in [3.05, 3.63) is 0 Å². The Bertz CT molecular complexity index is 318. The molecule has 6 nitrogen and oxygen atoms in total. The third kappa shape index (κ3) is 7.00. The van der Waals surface area contributed by atoms with Crippen LogP contribution < -0.4 is 5.32 Å². The number of hydrogen-bond acceptors (Lipinski definition) is 3. The standard InChI is InChI=1S/C13H26N2O4/c1-9(11(16)17)8-15(5)12(18)14-10(2)7-13(3,4)19-6/h9-10H,7-8H2,1-6H3,(H,14,18)(H,16,17). The molecule has 2 unspecified atom stereocenters. The van der Waals surface area contributed by atoms with E-state index in [4.69, 9.17) is 9.84 Å². The molecule has 2 atom stereocenters. The lowest BCUT2D eigenvalue weighted by Crippen LogP contribution is -2.46. The molecular weight excluding hydrogens is 248 g/mol. The number of ether oxygens (including phenoxy) is 1. The Labute approximate surface area is 115 Å². The lowest BCUT2D eigenvalue weighted by molar-refractivity contribution is -0.141. The summed E-state index contributed by atoms with van der Waals surface area (Å²) in [5.74, 6) is -1.49. The number of urea groups is 1. The number of carboxylic acids is 1. The predicted molar refractivity (Wildman–Crippen MR) is 73.1 cm³/mol. The maximum Gasteiger partial charge on any atom is 0.317 e. The molecule has 0 aromatic carbocycles. The van der Waals surface area contributed by atoms with E-state index in [9.17, 15) is 9.59 Å². The van der Waals surface area contributed by atoms with E-state index >= 15 is 0 Å². The van der Waals surface area contributed by atoms with Crippen molar-refractivity contribution in [2.45, 2.75) is 45.8 Å². The van der Waals surface area contributed by atoms with Crippen molar-refractivity contribution in [1.29, 1.82) is 0 Å². The van der Waals surface area contributed by atoms with Crippen LogP contribution in [0.5, 0.6) is 0 Å². The highest BCUT2D eigenvalue weighted by molar-refractivity contribution is 5.75. The Kier molecular flexibility index (Phi) is 6.83. The first kappa shape index (κ1) is 17.7. The van der Waals surface area contributed by atoms with Crippen LogP contribution in [-0.2, 0) is 9.53 Å². The van der Waals surface area contributed by atoms with Gasteiger partial charge in [-0.2, -0.15) is 0 Å². The number of aliphatic carboxylic acids is 1. The quantitative estimate of drug-likeness (QED) is 0.738. The molecular formula is C13H26N2O4. The van der Waals surface area contributed by atoms with Crippen LogP contribution in [0, 0.1) is 5.92 Å². The number of carbonyl (C=O) groups excluding carboxylic acids is 1. The van der Waals surface area contributed by atoms with E-state index < -0.39 is 11.9 Å². The number of nitrogens with zero attached hydrogens (tertiary/aromatic N) is 1. The first-order valence-electron chi connectivity index (χ1n) is 6.38. The lowest BCUT2D eigenvalue weighted by atomic mass is 10.00. The molecule has 2 N–H and O–H groups in total. The Morgan fingerprint density at radius 3 is 2.32 bits per heavy atom. The first-order valence-corrected chi connectivity index (χ1v) is 6.38. The lowest BCUT2D eigenvalue weighted by Gasteiger charge is -2.28. The van der Waals surface area contributed by atoms with Crippen molar-refractivity contribution in [2.24, 2.45) is 5.92 Å². The van der Waals surface area contributed by atoms with Crippen molar-refractivity contribution >= 4 is 12.0 Å². The van der Waals surface area contributed by atoms with Gasteiger partial charge in [0.1, 0.15) is 0 Å². The molecule has 0 aromatic rings. The summed E-state index contributed by atoms with van der Waals surface area (Å²) in [6.45, 7) is 7.55. The second kappa shape index (κ2) is 7.33. The van der Waals surface area contributed by atoms with E-state index in [2.05, 4.69) is 5.32 Å². The van der Waals surface area contributed by atoms with Crippen LogP contribution >= 0.6 is 0 Å². The number of methoxy groups -OCH3 is 1. The summed E-state index contributed by atoms with van der Waals surface area (Å²) in [5, 5.41) is 11.6. The molecule has 0 spiro atoms. The Balaban J connectivity index is 4.26. The monoisotopic (exact) mass is 274 g/mol. The highest BCUT2D eigenvalue weighted by Gasteiger charge is 2.23. The molecule has 112 valence electrons. The minimum atomic E-state index is -0.909. The SMILES string of the molecule is COC(C)(C)CC(C)NC(=O)N(C)CC(C)C(=O)O. The van der Waals surface area contributed by atoms with E-state index in [1.54, 1.807) is 21.1 Å². The van der Waals surface area contributed by atoms with Crippen LogP contribution in [0.1, 0.15) is 34.1 Å². The van der Waals surface area contributed by atoms with Gasteiger partial charge < -0.3 is 20.1 Å². The zero-order chi connectivity index (χ0) is 15.2. The number of nitrogens with one attached hydrogen (secondary N) is 1. The average Bonchev–Trinajstić information content (AvgIpc) is 2.27. The number of carbonyl (C=O) groups is 2. The van der Waals surface area contributed by atoms with E-state index in [0.29, 0.717) is 6.42 Å². The maximum atomic E-state index is 11.9. The molecule has 0 aliphatic carbocycles. The molecule has 0 aromatic heterocycles. The zero-order valence-electron chi connectivity index (χ0n) is 12.7. The molecule has 0 radical (unpaired) electrons. The molecule has 0 aliphatic heterocycles. The third-order valence-corrected chi connectivity index (χ3v) is 3.04. The smallest absolute Gasteiger partial charge is 0.317 e. The molecule has 0 rings (SSSR count). The number of carboxylic acid groups (broad SMARTS) is 1. The van der Waals surface area contributed by atoms with Crippen LogP contribution in [0.25, 0.3) is 0 Å². The average molecular weight is 274 g/mol. The molecule has 6 heteroatoms. The van der Waals surface area contributed by atoms with Gasteiger partial charge in [0.25, 0.3) is 0 Å². The van der Waals surface area contributed by atoms with Gasteiger partial charge in [-0.05, 0) is 27.2 Å². The minimum Gasteiger partial charge on any atom is -0.481 e. The normalized spacial score (nSPS) is 14.6. The molecule has 0 bridgehead atoms. The predicted octanol–water partition coefficient (Wildman–Crippen LogP) is 1.55. The van der Waals surface area contributed by atoms with Crippen molar-refractivity contribution < 1.29 is 19.4 Å². The Morgan fingerprint density at radius 2 is 1.89 bits per heavy atom. The van der Waals surface area contributed by atoms with E-state index in [0.717, 1.165) is 0 Å². The first-order chi connectivity index (χ1) is 8.59. The Morgan fingerprint density at radius 1 is 1.37 bits per heavy atom. The highest BCUT2D eigenvalue weighted by Crippen LogP contribution is 2.15. The number of hydrogen-bond donors (Lipinski definition) is 2. The summed E-state index contributed by atoms with van der Waals surface area (Å²) in [6, 6.07) is -0.322. The van der Waals surface area contributed by atoms with Crippen molar-refractivity contribution in [2.75, 3.05) is 20.7 Å². The molecule has 0 aliphatic rings. The summed E-state index contributed by atoms with van der Waals surface area (Å²) in [7, 11) is 3.22. The van der Waals surface area contributed by atoms with Gasteiger partial charge in [-0.1, -0.05) is 6.92 Å². The van der Waals surface area contributed by atoms with Crippen molar-refractivity contribution in [3.63, 3.8) is 0 Å². The second-order valence-electron chi connectivity index (χ2n) is 5.64. The fourth-order valence-electron chi connectivity index (χ4n) is 1.76. The van der Waals surface area contributed by atoms with Gasteiger partial charge in [-0.15, -0.1) is 0 Å². The summed E-state index contributed by atoms with van der Waals surface area (Å²) in [5.41, 5.74) is -0.306.